The van der Waals surface area contributed by atoms with Gasteiger partial charge < -0.3 is 20.5 Å². The van der Waals surface area contributed by atoms with E-state index in [-0.39, 0.29) is 41.8 Å². The Morgan fingerprint density at radius 1 is 1.32 bits per heavy atom. The molecule has 0 aromatic heterocycles. The topological polar surface area (TPSA) is 73.6 Å². The first kappa shape index (κ1) is 21.4. The molecule has 2 atom stereocenters. The SMILES string of the molecule is COc1ccc(NC(=O)C[C@@H]2CCC[C@H]2N)cc1OCC(F)(F)F.Cl. The first-order chi connectivity index (χ1) is 11.3. The number of rotatable bonds is 6. The largest absolute Gasteiger partial charge is 0.493 e. The number of alkyl halides is 3. The number of benzene rings is 1. The van der Waals surface area contributed by atoms with Crippen molar-refractivity contribution < 1.29 is 27.4 Å². The maximum absolute atomic E-state index is 12.3. The van der Waals surface area contributed by atoms with E-state index in [0.29, 0.717) is 12.1 Å². The Bertz CT molecular complexity index is 584. The molecule has 9 heteroatoms. The zero-order valence-corrected chi connectivity index (χ0v) is 14.6. The van der Waals surface area contributed by atoms with Crippen LogP contribution in [0.25, 0.3) is 0 Å². The zero-order chi connectivity index (χ0) is 17.7. The molecule has 0 radical (unpaired) electrons. The van der Waals surface area contributed by atoms with E-state index in [1.807, 2.05) is 0 Å². The fourth-order valence-corrected chi connectivity index (χ4v) is 2.80. The lowest BCUT2D eigenvalue weighted by molar-refractivity contribution is -0.153. The summed E-state index contributed by atoms with van der Waals surface area (Å²) in [5, 5.41) is 2.67. The van der Waals surface area contributed by atoms with E-state index in [0.717, 1.165) is 19.3 Å². The summed E-state index contributed by atoms with van der Waals surface area (Å²) in [4.78, 5) is 12.1. The van der Waals surface area contributed by atoms with Gasteiger partial charge in [-0.25, -0.2) is 0 Å². The number of methoxy groups -OCH3 is 1. The van der Waals surface area contributed by atoms with Crippen molar-refractivity contribution in [2.24, 2.45) is 11.7 Å². The van der Waals surface area contributed by atoms with E-state index in [2.05, 4.69) is 5.32 Å². The van der Waals surface area contributed by atoms with E-state index in [1.54, 1.807) is 6.07 Å². The van der Waals surface area contributed by atoms with Crippen molar-refractivity contribution in [3.8, 4) is 11.5 Å². The Labute approximate surface area is 150 Å². The molecule has 25 heavy (non-hydrogen) atoms. The Kier molecular flexibility index (Phi) is 7.82. The summed E-state index contributed by atoms with van der Waals surface area (Å²) in [5.74, 6) is 0.00810. The van der Waals surface area contributed by atoms with Gasteiger partial charge in [0, 0.05) is 24.2 Å². The molecule has 1 saturated carbocycles. The second kappa shape index (κ2) is 9.15. The molecule has 0 saturated heterocycles. The summed E-state index contributed by atoms with van der Waals surface area (Å²) in [6.45, 7) is -1.43. The molecule has 1 aliphatic rings. The van der Waals surface area contributed by atoms with E-state index in [9.17, 15) is 18.0 Å². The third kappa shape index (κ3) is 6.62. The molecule has 1 amide bonds. The van der Waals surface area contributed by atoms with Crippen LogP contribution in [0.15, 0.2) is 18.2 Å². The van der Waals surface area contributed by atoms with Crippen molar-refractivity contribution in [1.82, 2.24) is 0 Å². The maximum Gasteiger partial charge on any atom is 0.422 e. The van der Waals surface area contributed by atoms with Crippen molar-refractivity contribution in [3.05, 3.63) is 18.2 Å². The number of hydrogen-bond acceptors (Lipinski definition) is 4. The van der Waals surface area contributed by atoms with Crippen LogP contribution in [-0.4, -0.2) is 31.8 Å². The Morgan fingerprint density at radius 3 is 2.60 bits per heavy atom. The molecule has 1 aromatic carbocycles. The van der Waals surface area contributed by atoms with Crippen LogP contribution in [0.1, 0.15) is 25.7 Å². The normalized spacial score (nSPS) is 19.9. The first-order valence-electron chi connectivity index (χ1n) is 7.71. The van der Waals surface area contributed by atoms with Gasteiger partial charge >= 0.3 is 6.18 Å². The number of hydrogen-bond donors (Lipinski definition) is 2. The van der Waals surface area contributed by atoms with Crippen molar-refractivity contribution in [2.75, 3.05) is 19.0 Å². The monoisotopic (exact) mass is 382 g/mol. The highest BCUT2D eigenvalue weighted by atomic mass is 35.5. The fraction of sp³-hybridized carbons (Fsp3) is 0.562. The molecule has 3 N–H and O–H groups in total. The third-order valence-electron chi connectivity index (χ3n) is 4.00. The molecule has 0 spiro atoms. The number of nitrogens with one attached hydrogen (secondary N) is 1. The van der Waals surface area contributed by atoms with E-state index < -0.39 is 12.8 Å². The summed E-state index contributed by atoms with van der Waals surface area (Å²) < 4.78 is 46.6. The predicted octanol–water partition coefficient (Wildman–Crippen LogP) is 3.51. The maximum atomic E-state index is 12.3. The van der Waals surface area contributed by atoms with Gasteiger partial charge in [-0.05, 0) is 30.9 Å². The van der Waals surface area contributed by atoms with Crippen LogP contribution < -0.4 is 20.5 Å². The molecular weight excluding hydrogens is 361 g/mol. The van der Waals surface area contributed by atoms with Gasteiger partial charge in [-0.3, -0.25) is 4.79 Å². The number of nitrogens with two attached hydrogens (primary N) is 1. The van der Waals surface area contributed by atoms with Gasteiger partial charge in [-0.1, -0.05) is 6.42 Å². The zero-order valence-electron chi connectivity index (χ0n) is 13.8. The smallest absolute Gasteiger partial charge is 0.422 e. The molecule has 1 fully saturated rings. The molecule has 1 aromatic rings. The molecule has 0 bridgehead atoms. The van der Waals surface area contributed by atoms with Gasteiger partial charge in [-0.2, -0.15) is 13.2 Å². The highest BCUT2D eigenvalue weighted by molar-refractivity contribution is 5.91. The Morgan fingerprint density at radius 2 is 2.04 bits per heavy atom. The van der Waals surface area contributed by atoms with E-state index in [1.165, 1.54) is 19.2 Å². The lowest BCUT2D eigenvalue weighted by Gasteiger charge is -2.16. The quantitative estimate of drug-likeness (QED) is 0.789. The van der Waals surface area contributed by atoms with Crippen LogP contribution in [-0.2, 0) is 4.79 Å². The Balaban J connectivity index is 0.00000312. The summed E-state index contributed by atoms with van der Waals surface area (Å²) >= 11 is 0. The van der Waals surface area contributed by atoms with Crippen LogP contribution in [0.4, 0.5) is 18.9 Å². The predicted molar refractivity (Wildman–Crippen MR) is 90.4 cm³/mol. The molecule has 0 unspecified atom stereocenters. The molecule has 2 rings (SSSR count). The lowest BCUT2D eigenvalue weighted by Crippen LogP contribution is -2.28. The average Bonchev–Trinajstić information content (AvgIpc) is 2.89. The summed E-state index contributed by atoms with van der Waals surface area (Å²) in [6.07, 6.45) is -1.32. The molecule has 0 aliphatic heterocycles. The first-order valence-corrected chi connectivity index (χ1v) is 7.71. The summed E-state index contributed by atoms with van der Waals surface area (Å²) in [7, 11) is 1.33. The van der Waals surface area contributed by atoms with E-state index >= 15 is 0 Å². The van der Waals surface area contributed by atoms with Gasteiger partial charge in [0.05, 0.1) is 7.11 Å². The minimum atomic E-state index is -4.46. The van der Waals surface area contributed by atoms with Gasteiger partial charge in [0.1, 0.15) is 0 Å². The van der Waals surface area contributed by atoms with Gasteiger partial charge in [0.25, 0.3) is 0 Å². The van der Waals surface area contributed by atoms with Crippen molar-refractivity contribution in [3.63, 3.8) is 0 Å². The van der Waals surface area contributed by atoms with Crippen molar-refractivity contribution in [2.45, 2.75) is 37.9 Å². The minimum absolute atomic E-state index is 0. The standard InChI is InChI=1S/C16H21F3N2O3.ClH/c1-23-13-6-5-11(8-14(13)24-9-16(17,18)19)21-15(22)7-10-3-2-4-12(10)20;/h5-6,8,10,12H,2-4,7,9,20H2,1H3,(H,21,22);1H/t10-,12+;/m0./s1. The highest BCUT2D eigenvalue weighted by Gasteiger charge is 2.29. The van der Waals surface area contributed by atoms with Crippen molar-refractivity contribution >= 4 is 24.0 Å². The number of carbonyl (C=O) groups is 1. The van der Waals surface area contributed by atoms with Crippen LogP contribution >= 0.6 is 12.4 Å². The van der Waals surface area contributed by atoms with E-state index in [4.69, 9.17) is 15.2 Å². The van der Waals surface area contributed by atoms with Gasteiger partial charge in [-0.15, -0.1) is 12.4 Å². The minimum Gasteiger partial charge on any atom is -0.493 e. The van der Waals surface area contributed by atoms with Crippen LogP contribution in [0.2, 0.25) is 0 Å². The number of carbonyl (C=O) groups excluding carboxylic acids is 1. The number of anilines is 1. The van der Waals surface area contributed by atoms with Crippen LogP contribution in [0.5, 0.6) is 11.5 Å². The van der Waals surface area contributed by atoms with Crippen molar-refractivity contribution in [1.29, 1.82) is 0 Å². The number of ether oxygens (including phenoxy) is 2. The molecule has 5 nitrogen and oxygen atoms in total. The van der Waals surface area contributed by atoms with Crippen LogP contribution in [0, 0.1) is 5.92 Å². The molecule has 1 aliphatic carbocycles. The number of halogens is 4. The molecule has 142 valence electrons. The molecule has 0 heterocycles. The second-order valence-electron chi connectivity index (χ2n) is 5.88. The highest BCUT2D eigenvalue weighted by Crippen LogP contribution is 2.32. The lowest BCUT2D eigenvalue weighted by atomic mass is 10.00. The average molecular weight is 383 g/mol. The fourth-order valence-electron chi connectivity index (χ4n) is 2.80. The van der Waals surface area contributed by atoms with Gasteiger partial charge in [0.15, 0.2) is 18.1 Å². The summed E-state index contributed by atoms with van der Waals surface area (Å²) in [5.41, 5.74) is 6.29. The molecular formula is C16H22ClF3N2O3. The van der Waals surface area contributed by atoms with Crippen LogP contribution in [0.3, 0.4) is 0 Å². The Hall–Kier alpha value is -1.67. The van der Waals surface area contributed by atoms with Gasteiger partial charge in [0.2, 0.25) is 5.91 Å². The third-order valence-corrected chi connectivity index (χ3v) is 4.00. The number of amides is 1. The second-order valence-corrected chi connectivity index (χ2v) is 5.88. The summed E-state index contributed by atoms with van der Waals surface area (Å²) in [6, 6.07) is 4.34.